The Morgan fingerprint density at radius 2 is 1.84 bits per heavy atom. The predicted octanol–water partition coefficient (Wildman–Crippen LogP) is 3.72. The average molecular weight is 286 g/mol. The van der Waals surface area contributed by atoms with E-state index < -0.39 is 11.7 Å². The second-order valence-corrected chi connectivity index (χ2v) is 5.04. The van der Waals surface area contributed by atoms with Crippen molar-refractivity contribution in [3.63, 3.8) is 0 Å². The van der Waals surface area contributed by atoms with Crippen molar-refractivity contribution < 1.29 is 13.2 Å². The molecule has 2 aromatic rings. The topological polar surface area (TPSA) is 38.9 Å². The third kappa shape index (κ3) is 3.54. The van der Waals surface area contributed by atoms with Crippen molar-refractivity contribution in [3.05, 3.63) is 40.2 Å². The molecule has 0 radical (unpaired) electrons. The number of nitrogens with zero attached hydrogens (tertiary/aromatic N) is 1. The smallest absolute Gasteiger partial charge is 0.330 e. The highest BCUT2D eigenvalue weighted by atomic mass is 32.1. The van der Waals surface area contributed by atoms with Gasteiger partial charge >= 0.3 is 6.18 Å². The van der Waals surface area contributed by atoms with E-state index in [1.54, 1.807) is 0 Å². The van der Waals surface area contributed by atoms with Gasteiger partial charge in [-0.2, -0.15) is 13.2 Å². The molecule has 2 rings (SSSR count). The fourth-order valence-electron chi connectivity index (χ4n) is 1.64. The summed E-state index contributed by atoms with van der Waals surface area (Å²) in [5.74, 6) is 0. The van der Waals surface area contributed by atoms with Crippen LogP contribution in [0.1, 0.15) is 17.0 Å². The number of rotatable bonds is 4. The molecule has 102 valence electrons. The average Bonchev–Trinajstić information content (AvgIpc) is 2.84. The molecule has 0 saturated carbocycles. The third-order valence-electron chi connectivity index (χ3n) is 2.65. The van der Waals surface area contributed by atoms with E-state index in [-0.39, 0.29) is 0 Å². The van der Waals surface area contributed by atoms with Crippen molar-refractivity contribution >= 4 is 11.3 Å². The van der Waals surface area contributed by atoms with Gasteiger partial charge in [-0.3, -0.25) is 0 Å². The molecule has 0 bridgehead atoms. The van der Waals surface area contributed by atoms with Gasteiger partial charge in [-0.05, 0) is 25.1 Å². The molecule has 0 saturated heterocycles. The summed E-state index contributed by atoms with van der Waals surface area (Å²) in [6.45, 7) is 0.606. The summed E-state index contributed by atoms with van der Waals surface area (Å²) in [6.07, 6.45) is -2.63. The predicted molar refractivity (Wildman–Crippen MR) is 69.9 cm³/mol. The monoisotopic (exact) mass is 286 g/mol. The lowest BCUT2D eigenvalue weighted by molar-refractivity contribution is -0.137. The van der Waals surface area contributed by atoms with Crippen LogP contribution in [0.3, 0.4) is 0 Å². The van der Waals surface area contributed by atoms with Gasteiger partial charge in [0.1, 0.15) is 0 Å². The molecular formula is C13H13F3N2S. The van der Waals surface area contributed by atoms with Crippen LogP contribution in [-0.4, -0.2) is 11.5 Å². The van der Waals surface area contributed by atoms with Crippen molar-refractivity contribution in [1.82, 2.24) is 4.98 Å². The third-order valence-corrected chi connectivity index (χ3v) is 3.56. The van der Waals surface area contributed by atoms with Crippen LogP contribution in [0.5, 0.6) is 0 Å². The molecule has 19 heavy (non-hydrogen) atoms. The molecule has 0 aliphatic rings. The summed E-state index contributed by atoms with van der Waals surface area (Å²) in [4.78, 5) is 4.39. The maximum Gasteiger partial charge on any atom is 0.416 e. The second kappa shape index (κ2) is 5.71. The lowest BCUT2D eigenvalue weighted by Crippen LogP contribution is -2.04. The van der Waals surface area contributed by atoms with Gasteiger partial charge in [0.05, 0.1) is 16.3 Å². The minimum absolute atomic E-state index is 0.606. The Morgan fingerprint density at radius 3 is 2.42 bits per heavy atom. The molecule has 0 amide bonds. The lowest BCUT2D eigenvalue weighted by Gasteiger charge is -2.06. The van der Waals surface area contributed by atoms with Gasteiger partial charge < -0.3 is 5.73 Å². The van der Waals surface area contributed by atoms with Gasteiger partial charge in [-0.25, -0.2) is 4.98 Å². The number of nitrogens with two attached hydrogens (primary N) is 1. The molecule has 6 heteroatoms. The second-order valence-electron chi connectivity index (χ2n) is 4.09. The first-order chi connectivity index (χ1) is 9.00. The summed E-state index contributed by atoms with van der Waals surface area (Å²) in [5, 5.41) is 2.81. The minimum Gasteiger partial charge on any atom is -0.330 e. The molecule has 2 nitrogen and oxygen atoms in total. The number of benzene rings is 1. The van der Waals surface area contributed by atoms with E-state index >= 15 is 0 Å². The van der Waals surface area contributed by atoms with Crippen LogP contribution in [0.25, 0.3) is 11.3 Å². The molecule has 0 aliphatic carbocycles. The van der Waals surface area contributed by atoms with Crippen molar-refractivity contribution in [2.45, 2.75) is 19.0 Å². The molecule has 1 aromatic carbocycles. The largest absolute Gasteiger partial charge is 0.416 e. The lowest BCUT2D eigenvalue weighted by atomic mass is 10.1. The van der Waals surface area contributed by atoms with Crippen LogP contribution >= 0.6 is 11.3 Å². The molecule has 1 aromatic heterocycles. The highest BCUT2D eigenvalue weighted by Gasteiger charge is 2.30. The molecule has 0 spiro atoms. The quantitative estimate of drug-likeness (QED) is 0.930. The fraction of sp³-hybridized carbons (Fsp3) is 0.308. The Labute approximate surface area is 113 Å². The zero-order valence-corrected chi connectivity index (χ0v) is 10.9. The maximum atomic E-state index is 12.4. The first-order valence-corrected chi connectivity index (χ1v) is 6.71. The van der Waals surface area contributed by atoms with E-state index in [0.717, 1.165) is 30.0 Å². The van der Waals surface area contributed by atoms with Crippen LogP contribution in [-0.2, 0) is 12.6 Å². The summed E-state index contributed by atoms with van der Waals surface area (Å²) < 4.78 is 37.3. The maximum absolute atomic E-state index is 12.4. The van der Waals surface area contributed by atoms with E-state index in [4.69, 9.17) is 5.73 Å². The van der Waals surface area contributed by atoms with Gasteiger partial charge in [0.25, 0.3) is 0 Å². The summed E-state index contributed by atoms with van der Waals surface area (Å²) in [7, 11) is 0. The van der Waals surface area contributed by atoms with Crippen molar-refractivity contribution in [2.24, 2.45) is 5.73 Å². The van der Waals surface area contributed by atoms with E-state index in [1.807, 2.05) is 5.38 Å². The van der Waals surface area contributed by atoms with Gasteiger partial charge in [0, 0.05) is 17.4 Å². The number of thiazole rings is 1. The Hall–Kier alpha value is -1.40. The van der Waals surface area contributed by atoms with Crippen LogP contribution in [0, 0.1) is 0 Å². The number of hydrogen-bond acceptors (Lipinski definition) is 3. The highest BCUT2D eigenvalue weighted by molar-refractivity contribution is 7.09. The Balaban J connectivity index is 2.16. The zero-order chi connectivity index (χ0) is 13.9. The van der Waals surface area contributed by atoms with E-state index in [1.165, 1.54) is 23.5 Å². The van der Waals surface area contributed by atoms with Gasteiger partial charge in [0.15, 0.2) is 0 Å². The number of alkyl halides is 3. The Morgan fingerprint density at radius 1 is 1.16 bits per heavy atom. The Kier molecular flexibility index (Phi) is 4.21. The SMILES string of the molecule is NCCCc1nc(-c2ccc(C(F)(F)F)cc2)cs1. The normalized spacial score (nSPS) is 11.8. The van der Waals surface area contributed by atoms with E-state index in [9.17, 15) is 13.2 Å². The van der Waals surface area contributed by atoms with E-state index in [2.05, 4.69) is 4.98 Å². The van der Waals surface area contributed by atoms with Gasteiger partial charge in [-0.1, -0.05) is 12.1 Å². The van der Waals surface area contributed by atoms with Gasteiger partial charge in [-0.15, -0.1) is 11.3 Å². The van der Waals surface area contributed by atoms with Crippen LogP contribution in [0.4, 0.5) is 13.2 Å². The number of aromatic nitrogens is 1. The standard InChI is InChI=1S/C13H13F3N2S/c14-13(15,16)10-5-3-9(4-6-10)11-8-19-12(18-11)2-1-7-17/h3-6,8H,1-2,7,17H2. The molecular weight excluding hydrogens is 273 g/mol. The molecule has 0 atom stereocenters. The number of aryl methyl sites for hydroxylation is 1. The number of hydrogen-bond donors (Lipinski definition) is 1. The van der Waals surface area contributed by atoms with Crippen molar-refractivity contribution in [1.29, 1.82) is 0 Å². The van der Waals surface area contributed by atoms with Gasteiger partial charge in [0.2, 0.25) is 0 Å². The minimum atomic E-state index is -4.30. The zero-order valence-electron chi connectivity index (χ0n) is 10.1. The fourth-order valence-corrected chi connectivity index (χ4v) is 2.49. The number of halogens is 3. The molecule has 0 unspecified atom stereocenters. The molecule has 2 N–H and O–H groups in total. The molecule has 0 aliphatic heterocycles. The van der Waals surface area contributed by atoms with Crippen LogP contribution in [0.15, 0.2) is 29.6 Å². The van der Waals surface area contributed by atoms with Crippen LogP contribution < -0.4 is 5.73 Å². The van der Waals surface area contributed by atoms with E-state index in [0.29, 0.717) is 17.8 Å². The highest BCUT2D eigenvalue weighted by Crippen LogP contribution is 2.31. The first kappa shape index (κ1) is 14.0. The molecule has 1 heterocycles. The summed E-state index contributed by atoms with van der Waals surface area (Å²) in [5.41, 5.74) is 6.19. The molecule has 0 fully saturated rings. The first-order valence-electron chi connectivity index (χ1n) is 5.83. The van der Waals surface area contributed by atoms with Crippen molar-refractivity contribution in [2.75, 3.05) is 6.54 Å². The van der Waals surface area contributed by atoms with Crippen LogP contribution in [0.2, 0.25) is 0 Å². The summed E-state index contributed by atoms with van der Waals surface area (Å²) in [6, 6.07) is 5.05. The van der Waals surface area contributed by atoms with Crippen molar-refractivity contribution in [3.8, 4) is 11.3 Å². The Bertz CT molecular complexity index is 532. The summed E-state index contributed by atoms with van der Waals surface area (Å²) >= 11 is 1.51.